The van der Waals surface area contributed by atoms with Crippen molar-refractivity contribution in [2.24, 2.45) is 0 Å². The summed E-state index contributed by atoms with van der Waals surface area (Å²) in [6, 6.07) is 5.56. The van der Waals surface area contributed by atoms with Crippen LogP contribution in [0.15, 0.2) is 18.2 Å². The van der Waals surface area contributed by atoms with Crippen molar-refractivity contribution in [3.8, 4) is 0 Å². The molecule has 1 rings (SSSR count). The molecule has 0 aromatic carbocycles. The van der Waals surface area contributed by atoms with Crippen LogP contribution in [-0.2, 0) is 6.54 Å². The fraction of sp³-hybridized carbons (Fsp3) is 0.444. The molecular formula is C9H15N3O. The van der Waals surface area contributed by atoms with Crippen LogP contribution in [0.2, 0.25) is 0 Å². The van der Waals surface area contributed by atoms with Crippen molar-refractivity contribution in [3.05, 3.63) is 23.9 Å². The van der Waals surface area contributed by atoms with Gasteiger partial charge >= 0.3 is 0 Å². The molecule has 0 aliphatic heterocycles. The lowest BCUT2D eigenvalue weighted by molar-refractivity contribution is 0.216. The highest BCUT2D eigenvalue weighted by Crippen LogP contribution is 2.02. The molecule has 0 saturated carbocycles. The summed E-state index contributed by atoms with van der Waals surface area (Å²) >= 11 is 0. The maximum Gasteiger partial charge on any atom is 0.123 e. The summed E-state index contributed by atoms with van der Waals surface area (Å²) in [7, 11) is 1.93. The standard InChI is InChI=1S/C9H15N3O/c1-12(5-6-13)7-8-3-2-4-9(10)11-8/h2-4,13H,5-7H2,1H3,(H2,10,11). The lowest BCUT2D eigenvalue weighted by Crippen LogP contribution is -2.22. The minimum Gasteiger partial charge on any atom is -0.395 e. The molecule has 0 aliphatic carbocycles. The average molecular weight is 181 g/mol. The third-order valence-electron chi connectivity index (χ3n) is 1.74. The number of hydrogen-bond donors (Lipinski definition) is 2. The number of anilines is 1. The van der Waals surface area contributed by atoms with Crippen molar-refractivity contribution in [1.82, 2.24) is 9.88 Å². The third kappa shape index (κ3) is 3.40. The lowest BCUT2D eigenvalue weighted by atomic mass is 10.3. The van der Waals surface area contributed by atoms with Gasteiger partial charge in [-0.3, -0.25) is 4.90 Å². The summed E-state index contributed by atoms with van der Waals surface area (Å²) in [5.41, 5.74) is 6.46. The van der Waals surface area contributed by atoms with Crippen LogP contribution < -0.4 is 5.73 Å². The zero-order valence-electron chi connectivity index (χ0n) is 7.77. The first-order valence-electron chi connectivity index (χ1n) is 4.23. The molecule has 72 valence electrons. The second-order valence-electron chi connectivity index (χ2n) is 3.02. The van der Waals surface area contributed by atoms with Gasteiger partial charge in [-0.1, -0.05) is 6.07 Å². The summed E-state index contributed by atoms with van der Waals surface area (Å²) in [6.07, 6.45) is 0. The predicted molar refractivity (Wildman–Crippen MR) is 52.1 cm³/mol. The zero-order chi connectivity index (χ0) is 9.68. The molecule has 13 heavy (non-hydrogen) atoms. The Hall–Kier alpha value is -1.13. The molecule has 0 radical (unpaired) electrons. The third-order valence-corrected chi connectivity index (χ3v) is 1.74. The molecular weight excluding hydrogens is 166 g/mol. The molecule has 4 heteroatoms. The number of aliphatic hydroxyl groups is 1. The fourth-order valence-electron chi connectivity index (χ4n) is 1.11. The summed E-state index contributed by atoms with van der Waals surface area (Å²) in [5.74, 6) is 0.537. The normalized spacial score (nSPS) is 10.7. The van der Waals surface area contributed by atoms with Crippen molar-refractivity contribution in [2.45, 2.75) is 6.54 Å². The highest BCUT2D eigenvalue weighted by atomic mass is 16.3. The maximum atomic E-state index is 8.68. The maximum absolute atomic E-state index is 8.68. The zero-order valence-corrected chi connectivity index (χ0v) is 7.77. The Kier molecular flexibility index (Phi) is 3.67. The van der Waals surface area contributed by atoms with Gasteiger partial charge in [0, 0.05) is 13.1 Å². The number of aromatic nitrogens is 1. The van der Waals surface area contributed by atoms with Crippen LogP contribution in [-0.4, -0.2) is 35.2 Å². The van der Waals surface area contributed by atoms with E-state index in [1.165, 1.54) is 0 Å². The van der Waals surface area contributed by atoms with Gasteiger partial charge in [0.1, 0.15) is 5.82 Å². The first-order valence-corrected chi connectivity index (χ1v) is 4.23. The van der Waals surface area contributed by atoms with E-state index in [0.29, 0.717) is 18.9 Å². The van der Waals surface area contributed by atoms with E-state index in [2.05, 4.69) is 4.98 Å². The number of rotatable bonds is 4. The molecule has 0 unspecified atom stereocenters. The van der Waals surface area contributed by atoms with Crippen molar-refractivity contribution in [3.63, 3.8) is 0 Å². The van der Waals surface area contributed by atoms with Crippen LogP contribution in [0.5, 0.6) is 0 Å². The Morgan fingerprint density at radius 2 is 2.31 bits per heavy atom. The van der Waals surface area contributed by atoms with E-state index in [9.17, 15) is 0 Å². The van der Waals surface area contributed by atoms with Crippen molar-refractivity contribution in [1.29, 1.82) is 0 Å². The number of pyridine rings is 1. The number of likely N-dealkylation sites (N-methyl/N-ethyl adjacent to an activating group) is 1. The van der Waals surface area contributed by atoms with Crippen molar-refractivity contribution >= 4 is 5.82 Å². The van der Waals surface area contributed by atoms with Gasteiger partial charge in [-0.2, -0.15) is 0 Å². The SMILES string of the molecule is CN(CCO)Cc1cccc(N)n1. The van der Waals surface area contributed by atoms with E-state index in [0.717, 1.165) is 5.69 Å². The highest BCUT2D eigenvalue weighted by Gasteiger charge is 2.00. The Balaban J connectivity index is 2.53. The van der Waals surface area contributed by atoms with E-state index in [4.69, 9.17) is 10.8 Å². The van der Waals surface area contributed by atoms with Gasteiger partial charge in [-0.05, 0) is 19.2 Å². The van der Waals surface area contributed by atoms with Gasteiger partial charge in [0.05, 0.1) is 12.3 Å². The highest BCUT2D eigenvalue weighted by molar-refractivity contribution is 5.28. The molecule has 1 aromatic rings. The first kappa shape index (κ1) is 9.95. The molecule has 0 fully saturated rings. The number of hydrogen-bond acceptors (Lipinski definition) is 4. The monoisotopic (exact) mass is 181 g/mol. The van der Waals surface area contributed by atoms with Crippen LogP contribution in [0.3, 0.4) is 0 Å². The van der Waals surface area contributed by atoms with Crippen LogP contribution in [0.4, 0.5) is 5.82 Å². The molecule has 0 aliphatic rings. The first-order chi connectivity index (χ1) is 6.22. The predicted octanol–water partition coefficient (Wildman–Crippen LogP) is 0.0879. The van der Waals surface area contributed by atoms with Crippen LogP contribution >= 0.6 is 0 Å². The molecule has 1 aromatic heterocycles. The fourth-order valence-corrected chi connectivity index (χ4v) is 1.11. The van der Waals surface area contributed by atoms with Crippen molar-refractivity contribution in [2.75, 3.05) is 25.9 Å². The number of aliphatic hydroxyl groups excluding tert-OH is 1. The topological polar surface area (TPSA) is 62.4 Å². The van der Waals surface area contributed by atoms with E-state index in [-0.39, 0.29) is 6.61 Å². The van der Waals surface area contributed by atoms with E-state index in [1.807, 2.05) is 24.1 Å². The Morgan fingerprint density at radius 3 is 2.92 bits per heavy atom. The van der Waals surface area contributed by atoms with Crippen molar-refractivity contribution < 1.29 is 5.11 Å². The van der Waals surface area contributed by atoms with Gasteiger partial charge in [-0.15, -0.1) is 0 Å². The second-order valence-corrected chi connectivity index (χ2v) is 3.02. The Bertz CT molecular complexity index is 265. The van der Waals surface area contributed by atoms with Gasteiger partial charge < -0.3 is 10.8 Å². The lowest BCUT2D eigenvalue weighted by Gasteiger charge is -2.14. The van der Waals surface area contributed by atoms with Gasteiger partial charge in [0.15, 0.2) is 0 Å². The minimum absolute atomic E-state index is 0.165. The molecule has 0 spiro atoms. The molecule has 3 N–H and O–H groups in total. The molecule has 0 atom stereocenters. The molecule has 1 heterocycles. The number of nitrogens with two attached hydrogens (primary N) is 1. The van der Waals surface area contributed by atoms with Gasteiger partial charge in [0.25, 0.3) is 0 Å². The second kappa shape index (κ2) is 4.79. The summed E-state index contributed by atoms with van der Waals surface area (Å²) in [4.78, 5) is 6.14. The van der Waals surface area contributed by atoms with E-state index < -0.39 is 0 Å². The largest absolute Gasteiger partial charge is 0.395 e. The van der Waals surface area contributed by atoms with E-state index >= 15 is 0 Å². The summed E-state index contributed by atoms with van der Waals surface area (Å²) < 4.78 is 0. The minimum atomic E-state index is 0.165. The Morgan fingerprint density at radius 1 is 1.54 bits per heavy atom. The smallest absolute Gasteiger partial charge is 0.123 e. The molecule has 0 saturated heterocycles. The van der Waals surface area contributed by atoms with Crippen LogP contribution in [0.1, 0.15) is 5.69 Å². The van der Waals surface area contributed by atoms with Gasteiger partial charge in [-0.25, -0.2) is 4.98 Å². The summed E-state index contributed by atoms with van der Waals surface area (Å²) in [6.45, 7) is 1.53. The van der Waals surface area contributed by atoms with Gasteiger partial charge in [0.2, 0.25) is 0 Å². The Labute approximate surface area is 78.0 Å². The van der Waals surface area contributed by atoms with E-state index in [1.54, 1.807) is 6.07 Å². The quantitative estimate of drug-likeness (QED) is 0.691. The molecule has 0 bridgehead atoms. The van der Waals surface area contributed by atoms with Crippen LogP contribution in [0, 0.1) is 0 Å². The molecule has 4 nitrogen and oxygen atoms in total. The molecule has 0 amide bonds. The average Bonchev–Trinajstić information content (AvgIpc) is 2.04. The van der Waals surface area contributed by atoms with Crippen LogP contribution in [0.25, 0.3) is 0 Å². The number of nitrogen functional groups attached to an aromatic ring is 1. The summed E-state index contributed by atoms with van der Waals surface area (Å²) in [5, 5.41) is 8.68. The number of nitrogens with zero attached hydrogens (tertiary/aromatic N) is 2.